The van der Waals surface area contributed by atoms with Crippen LogP contribution in [0.2, 0.25) is 0 Å². The molecule has 1 unspecified atom stereocenters. The first-order chi connectivity index (χ1) is 9.70. The summed E-state index contributed by atoms with van der Waals surface area (Å²) in [5.41, 5.74) is -0.912. The van der Waals surface area contributed by atoms with Crippen molar-refractivity contribution >= 4 is 23.0 Å². The average molecular weight is 297 g/mol. The van der Waals surface area contributed by atoms with Crippen molar-refractivity contribution in [2.24, 2.45) is 5.92 Å². The normalized spacial score (nSPS) is 12.0. The van der Waals surface area contributed by atoms with Crippen LogP contribution in [0.5, 0.6) is 0 Å². The lowest BCUT2D eigenvalue weighted by molar-refractivity contribution is -0.394. The second-order valence-electron chi connectivity index (χ2n) is 4.92. The maximum absolute atomic E-state index is 11.1. The van der Waals surface area contributed by atoms with Gasteiger partial charge in [-0.1, -0.05) is 13.8 Å². The second kappa shape index (κ2) is 6.64. The summed E-state index contributed by atoms with van der Waals surface area (Å²) >= 11 is 0. The van der Waals surface area contributed by atoms with E-state index in [-0.39, 0.29) is 18.0 Å². The number of nitro benzene ring substituents is 2. The molecule has 0 fully saturated rings. The van der Waals surface area contributed by atoms with Crippen LogP contribution < -0.4 is 5.32 Å². The lowest BCUT2D eigenvalue weighted by atomic mass is 10.0. The Bertz CT molecular complexity index is 540. The maximum Gasteiger partial charge on any atom is 0.326 e. The highest BCUT2D eigenvalue weighted by molar-refractivity contribution is 5.78. The molecule has 0 aliphatic heterocycles. The number of hydrogen-bond donors (Lipinski definition) is 2. The Kier molecular flexibility index (Phi) is 5.17. The van der Waals surface area contributed by atoms with E-state index in [0.29, 0.717) is 0 Å². The number of hydrogen-bond acceptors (Lipinski definition) is 6. The van der Waals surface area contributed by atoms with Crippen molar-refractivity contribution in [3.63, 3.8) is 0 Å². The van der Waals surface area contributed by atoms with Crippen molar-refractivity contribution in [3.8, 4) is 0 Å². The number of carboxylic acids is 1. The molecule has 0 aliphatic rings. The minimum Gasteiger partial charge on any atom is -0.480 e. The minimum absolute atomic E-state index is 0.0314. The molecule has 1 rings (SSSR count). The zero-order valence-corrected chi connectivity index (χ0v) is 11.5. The maximum atomic E-state index is 11.1. The fourth-order valence-electron chi connectivity index (χ4n) is 1.78. The van der Waals surface area contributed by atoms with Gasteiger partial charge in [0.1, 0.15) is 6.04 Å². The van der Waals surface area contributed by atoms with E-state index in [1.54, 1.807) is 0 Å². The van der Waals surface area contributed by atoms with Gasteiger partial charge >= 0.3 is 5.97 Å². The number of anilines is 1. The van der Waals surface area contributed by atoms with Crippen LogP contribution in [0.25, 0.3) is 0 Å². The molecule has 0 amide bonds. The van der Waals surface area contributed by atoms with Crippen LogP contribution in [0.3, 0.4) is 0 Å². The summed E-state index contributed by atoms with van der Waals surface area (Å²) in [6, 6.07) is 1.99. The first-order valence-electron chi connectivity index (χ1n) is 6.14. The van der Waals surface area contributed by atoms with Gasteiger partial charge in [-0.05, 0) is 12.3 Å². The number of nitrogens with one attached hydrogen (secondary N) is 1. The standard InChI is InChI=1S/C12H15N3O6/c1-7(2)3-11(12(16)17)13-8-4-9(14(18)19)6-10(5-8)15(20)21/h4-7,11,13H,3H2,1-2H3,(H,16,17). The average Bonchev–Trinajstić information content (AvgIpc) is 2.36. The Morgan fingerprint density at radius 2 is 1.67 bits per heavy atom. The van der Waals surface area contributed by atoms with E-state index in [4.69, 9.17) is 5.11 Å². The number of nitrogens with zero attached hydrogens (tertiary/aromatic N) is 2. The summed E-state index contributed by atoms with van der Waals surface area (Å²) in [6.45, 7) is 3.65. The number of rotatable bonds is 7. The molecule has 9 nitrogen and oxygen atoms in total. The van der Waals surface area contributed by atoms with Gasteiger partial charge in [0.15, 0.2) is 0 Å². The number of carbonyl (C=O) groups is 1. The van der Waals surface area contributed by atoms with E-state index in [1.165, 1.54) is 0 Å². The molecule has 114 valence electrons. The van der Waals surface area contributed by atoms with Crippen molar-refractivity contribution in [2.75, 3.05) is 5.32 Å². The topological polar surface area (TPSA) is 136 Å². The highest BCUT2D eigenvalue weighted by Crippen LogP contribution is 2.26. The molecule has 0 aromatic heterocycles. The smallest absolute Gasteiger partial charge is 0.326 e. The highest BCUT2D eigenvalue weighted by atomic mass is 16.6. The Hall–Kier alpha value is -2.71. The fraction of sp³-hybridized carbons (Fsp3) is 0.417. The predicted molar refractivity (Wildman–Crippen MR) is 74.3 cm³/mol. The monoisotopic (exact) mass is 297 g/mol. The molecule has 1 atom stereocenters. The molecule has 0 aliphatic carbocycles. The largest absolute Gasteiger partial charge is 0.480 e. The SMILES string of the molecule is CC(C)CC(Nc1cc([N+](=O)[O-])cc([N+](=O)[O-])c1)C(=O)O. The molecule has 0 saturated carbocycles. The molecule has 1 aromatic rings. The summed E-state index contributed by atoms with van der Waals surface area (Å²) in [5.74, 6) is -1.05. The highest BCUT2D eigenvalue weighted by Gasteiger charge is 2.22. The van der Waals surface area contributed by atoms with Crippen LogP contribution in [-0.2, 0) is 4.79 Å². The number of benzene rings is 1. The van der Waals surface area contributed by atoms with Crippen molar-refractivity contribution in [3.05, 3.63) is 38.4 Å². The van der Waals surface area contributed by atoms with Gasteiger partial charge < -0.3 is 10.4 Å². The molecule has 0 bridgehead atoms. The van der Waals surface area contributed by atoms with Gasteiger partial charge in [0, 0.05) is 17.8 Å². The van der Waals surface area contributed by atoms with Crippen molar-refractivity contribution in [1.82, 2.24) is 0 Å². The van der Waals surface area contributed by atoms with Crippen LogP contribution in [0.1, 0.15) is 20.3 Å². The zero-order chi connectivity index (χ0) is 16.2. The number of non-ortho nitro benzene ring substituents is 2. The summed E-state index contributed by atoms with van der Waals surface area (Å²) in [5, 5.41) is 33.2. The van der Waals surface area contributed by atoms with E-state index in [1.807, 2.05) is 13.8 Å². The van der Waals surface area contributed by atoms with Crippen LogP contribution in [0, 0.1) is 26.1 Å². The second-order valence-corrected chi connectivity index (χ2v) is 4.92. The lowest BCUT2D eigenvalue weighted by Crippen LogP contribution is -2.30. The zero-order valence-electron chi connectivity index (χ0n) is 11.5. The molecule has 0 spiro atoms. The van der Waals surface area contributed by atoms with Gasteiger partial charge in [0.2, 0.25) is 0 Å². The number of nitro groups is 2. The van der Waals surface area contributed by atoms with Crippen LogP contribution in [0.4, 0.5) is 17.1 Å². The van der Waals surface area contributed by atoms with E-state index < -0.39 is 33.2 Å². The Morgan fingerprint density at radius 3 is 2.00 bits per heavy atom. The van der Waals surface area contributed by atoms with Crippen LogP contribution in [-0.4, -0.2) is 27.0 Å². The quantitative estimate of drug-likeness (QED) is 0.582. The Morgan fingerprint density at radius 1 is 1.19 bits per heavy atom. The molecular formula is C12H15N3O6. The third-order valence-electron chi connectivity index (χ3n) is 2.67. The Balaban J connectivity index is 3.13. The van der Waals surface area contributed by atoms with Gasteiger partial charge in [0.25, 0.3) is 11.4 Å². The molecule has 0 saturated heterocycles. The summed E-state index contributed by atoms with van der Waals surface area (Å²) in [7, 11) is 0. The summed E-state index contributed by atoms with van der Waals surface area (Å²) in [4.78, 5) is 31.1. The first-order valence-corrected chi connectivity index (χ1v) is 6.14. The van der Waals surface area contributed by atoms with E-state index in [0.717, 1.165) is 18.2 Å². The molecule has 0 heterocycles. The predicted octanol–water partition coefficient (Wildman–Crippen LogP) is 2.41. The van der Waals surface area contributed by atoms with Crippen LogP contribution in [0.15, 0.2) is 18.2 Å². The molecular weight excluding hydrogens is 282 g/mol. The van der Waals surface area contributed by atoms with Gasteiger partial charge in [-0.2, -0.15) is 0 Å². The van der Waals surface area contributed by atoms with Crippen molar-refractivity contribution in [1.29, 1.82) is 0 Å². The van der Waals surface area contributed by atoms with Gasteiger partial charge in [-0.3, -0.25) is 20.2 Å². The number of aliphatic carboxylic acids is 1. The lowest BCUT2D eigenvalue weighted by Gasteiger charge is -2.17. The molecule has 0 radical (unpaired) electrons. The van der Waals surface area contributed by atoms with Gasteiger partial charge in [0.05, 0.1) is 15.9 Å². The molecule has 21 heavy (non-hydrogen) atoms. The Labute approximate surface area is 119 Å². The fourth-order valence-corrected chi connectivity index (χ4v) is 1.78. The first kappa shape index (κ1) is 16.3. The van der Waals surface area contributed by atoms with Crippen molar-refractivity contribution in [2.45, 2.75) is 26.3 Å². The van der Waals surface area contributed by atoms with Crippen LogP contribution >= 0.6 is 0 Å². The third kappa shape index (κ3) is 4.71. The molecule has 1 aromatic carbocycles. The minimum atomic E-state index is -1.13. The third-order valence-corrected chi connectivity index (χ3v) is 2.67. The van der Waals surface area contributed by atoms with Crippen molar-refractivity contribution < 1.29 is 19.7 Å². The van der Waals surface area contributed by atoms with E-state index in [9.17, 15) is 25.0 Å². The van der Waals surface area contributed by atoms with Gasteiger partial charge in [-0.15, -0.1) is 0 Å². The summed E-state index contributed by atoms with van der Waals surface area (Å²) in [6.07, 6.45) is 0.284. The van der Waals surface area contributed by atoms with E-state index >= 15 is 0 Å². The summed E-state index contributed by atoms with van der Waals surface area (Å²) < 4.78 is 0. The molecule has 9 heteroatoms. The van der Waals surface area contributed by atoms with Gasteiger partial charge in [-0.25, -0.2) is 4.79 Å². The number of carboxylic acid groups (broad SMARTS) is 1. The van der Waals surface area contributed by atoms with E-state index in [2.05, 4.69) is 5.32 Å². The molecule has 2 N–H and O–H groups in total.